The molecule has 0 amide bonds. The molecule has 1 N–H and O–H groups in total. The number of hydrogen-bond donors (Lipinski definition) is 1. The van der Waals surface area contributed by atoms with Crippen molar-refractivity contribution < 1.29 is 9.90 Å². The maximum absolute atomic E-state index is 10.7. The molecule has 0 aromatic heterocycles. The van der Waals surface area contributed by atoms with Gasteiger partial charge in [-0.2, -0.15) is 0 Å². The van der Waals surface area contributed by atoms with E-state index in [1.165, 1.54) is 0 Å². The Labute approximate surface area is 76.7 Å². The summed E-state index contributed by atoms with van der Waals surface area (Å²) in [6, 6.07) is -0.710. The Kier molecular flexibility index (Phi) is 3.67. The van der Waals surface area contributed by atoms with Gasteiger partial charge in [0.1, 0.15) is 6.04 Å². The van der Waals surface area contributed by atoms with Crippen LogP contribution in [0.1, 0.15) is 32.1 Å². The van der Waals surface area contributed by atoms with Gasteiger partial charge in [0.2, 0.25) is 0 Å². The first-order valence-corrected chi connectivity index (χ1v) is 4.58. The van der Waals surface area contributed by atoms with Gasteiger partial charge in [-0.1, -0.05) is 19.3 Å². The highest BCUT2D eigenvalue weighted by Gasteiger charge is 2.25. The lowest BCUT2D eigenvalue weighted by Gasteiger charge is -2.24. The van der Waals surface area contributed by atoms with Crippen molar-refractivity contribution in [2.75, 3.05) is 6.54 Å². The number of rotatable bonds is 2. The molecule has 1 atom stereocenters. The fraction of sp³-hybridized carbons (Fsp3) is 0.875. The maximum Gasteiger partial charge on any atom is 0.328 e. The zero-order valence-corrected chi connectivity index (χ0v) is 7.48. The molecule has 0 aromatic rings. The molecule has 0 spiro atoms. The standard InChI is InChI=1S/C8H14N2O3/c11-8(12)7-5-3-1-2-4-6-10(7)9-13/h7H,1-6H2,(H,11,12). The molecule has 0 aromatic carbocycles. The topological polar surface area (TPSA) is 70.0 Å². The molecule has 1 heterocycles. The number of carboxylic acid groups (broad SMARTS) is 1. The van der Waals surface area contributed by atoms with Crippen molar-refractivity contribution in [3.8, 4) is 0 Å². The smallest absolute Gasteiger partial charge is 0.328 e. The molecule has 1 aliphatic rings. The van der Waals surface area contributed by atoms with Crippen LogP contribution < -0.4 is 0 Å². The maximum atomic E-state index is 10.7. The van der Waals surface area contributed by atoms with Crippen LogP contribution in [0.2, 0.25) is 0 Å². The molecule has 1 rings (SSSR count). The summed E-state index contributed by atoms with van der Waals surface area (Å²) in [5.74, 6) is -0.943. The fourth-order valence-electron chi connectivity index (χ4n) is 1.62. The normalized spacial score (nSPS) is 24.6. The number of carbonyl (C=O) groups is 1. The lowest BCUT2D eigenvalue weighted by molar-refractivity contribution is -0.144. The van der Waals surface area contributed by atoms with Gasteiger partial charge in [0.05, 0.1) is 5.29 Å². The summed E-state index contributed by atoms with van der Waals surface area (Å²) in [4.78, 5) is 21.1. The van der Waals surface area contributed by atoms with E-state index in [9.17, 15) is 9.70 Å². The molecule has 0 radical (unpaired) electrons. The van der Waals surface area contributed by atoms with E-state index in [0.717, 1.165) is 30.7 Å². The highest BCUT2D eigenvalue weighted by molar-refractivity contribution is 5.73. The molecular weight excluding hydrogens is 172 g/mol. The molecule has 5 heteroatoms. The first-order valence-electron chi connectivity index (χ1n) is 4.58. The van der Waals surface area contributed by atoms with Crippen LogP contribution in [0.25, 0.3) is 0 Å². The summed E-state index contributed by atoms with van der Waals surface area (Å²) in [6.45, 7) is 0.473. The second-order valence-corrected chi connectivity index (χ2v) is 3.30. The minimum absolute atomic E-state index is 0.473. The van der Waals surface area contributed by atoms with Crippen LogP contribution in [0.15, 0.2) is 5.29 Å². The third kappa shape index (κ3) is 2.68. The van der Waals surface area contributed by atoms with Gasteiger partial charge in [-0.3, -0.25) is 0 Å². The number of hydrogen-bond acceptors (Lipinski definition) is 3. The van der Waals surface area contributed by atoms with E-state index in [1.807, 2.05) is 0 Å². The SMILES string of the molecule is O=NN1CCCCCCC1C(=O)O. The Morgan fingerprint density at radius 2 is 2.00 bits per heavy atom. The second-order valence-electron chi connectivity index (χ2n) is 3.30. The number of aliphatic carboxylic acids is 1. The fourth-order valence-corrected chi connectivity index (χ4v) is 1.62. The molecular formula is C8H14N2O3. The van der Waals surface area contributed by atoms with Gasteiger partial charge >= 0.3 is 5.97 Å². The van der Waals surface area contributed by atoms with Crippen LogP contribution in [0, 0.1) is 4.91 Å². The van der Waals surface area contributed by atoms with E-state index in [1.54, 1.807) is 0 Å². The third-order valence-corrected chi connectivity index (χ3v) is 2.36. The quantitative estimate of drug-likeness (QED) is 0.661. The summed E-state index contributed by atoms with van der Waals surface area (Å²) in [5, 5.41) is 12.7. The van der Waals surface area contributed by atoms with Crippen molar-refractivity contribution in [1.29, 1.82) is 0 Å². The summed E-state index contributed by atoms with van der Waals surface area (Å²) < 4.78 is 0. The number of nitroso groups, excluding NO2 is 1. The molecule has 0 saturated carbocycles. The first kappa shape index (κ1) is 9.95. The molecule has 13 heavy (non-hydrogen) atoms. The Morgan fingerprint density at radius 1 is 1.31 bits per heavy atom. The van der Waals surface area contributed by atoms with Gasteiger partial charge in [-0.05, 0) is 12.8 Å². The minimum Gasteiger partial charge on any atom is -0.480 e. The molecule has 5 nitrogen and oxygen atoms in total. The summed E-state index contributed by atoms with van der Waals surface area (Å²) >= 11 is 0. The van der Waals surface area contributed by atoms with Crippen molar-refractivity contribution in [3.05, 3.63) is 4.91 Å². The zero-order chi connectivity index (χ0) is 9.68. The molecule has 0 aliphatic carbocycles. The zero-order valence-electron chi connectivity index (χ0n) is 7.48. The third-order valence-electron chi connectivity index (χ3n) is 2.36. The molecule has 1 fully saturated rings. The summed E-state index contributed by atoms with van der Waals surface area (Å²) in [6.07, 6.45) is 4.36. The Bertz CT molecular complexity index is 196. The monoisotopic (exact) mass is 186 g/mol. The molecule has 1 saturated heterocycles. The van der Waals surface area contributed by atoms with Crippen LogP contribution in [-0.4, -0.2) is 28.7 Å². The van der Waals surface area contributed by atoms with E-state index in [2.05, 4.69) is 5.29 Å². The molecule has 1 unspecified atom stereocenters. The van der Waals surface area contributed by atoms with Gasteiger partial charge < -0.3 is 5.11 Å². The Morgan fingerprint density at radius 3 is 2.62 bits per heavy atom. The van der Waals surface area contributed by atoms with Gasteiger partial charge in [0, 0.05) is 6.54 Å². The number of carboxylic acids is 1. The van der Waals surface area contributed by atoms with Crippen molar-refractivity contribution in [1.82, 2.24) is 5.01 Å². The van der Waals surface area contributed by atoms with E-state index < -0.39 is 12.0 Å². The van der Waals surface area contributed by atoms with Gasteiger partial charge in [0.25, 0.3) is 0 Å². The van der Waals surface area contributed by atoms with Gasteiger partial charge in [-0.15, -0.1) is 4.91 Å². The number of nitrogens with zero attached hydrogens (tertiary/aromatic N) is 2. The van der Waals surface area contributed by atoms with E-state index in [0.29, 0.717) is 13.0 Å². The van der Waals surface area contributed by atoms with Crippen molar-refractivity contribution in [3.63, 3.8) is 0 Å². The minimum atomic E-state index is -0.943. The highest BCUT2D eigenvalue weighted by Crippen LogP contribution is 2.16. The predicted octanol–water partition coefficient (Wildman–Crippen LogP) is 1.39. The lowest BCUT2D eigenvalue weighted by Crippen LogP contribution is -2.38. The lowest BCUT2D eigenvalue weighted by atomic mass is 10.0. The van der Waals surface area contributed by atoms with Crippen molar-refractivity contribution in [2.45, 2.75) is 38.1 Å². The average molecular weight is 186 g/mol. The van der Waals surface area contributed by atoms with Crippen LogP contribution in [0.3, 0.4) is 0 Å². The van der Waals surface area contributed by atoms with Gasteiger partial charge in [-0.25, -0.2) is 9.80 Å². The van der Waals surface area contributed by atoms with E-state index in [4.69, 9.17) is 5.11 Å². The van der Waals surface area contributed by atoms with Crippen molar-refractivity contribution in [2.24, 2.45) is 5.29 Å². The molecule has 74 valence electrons. The largest absolute Gasteiger partial charge is 0.480 e. The predicted molar refractivity (Wildman–Crippen MR) is 47.0 cm³/mol. The average Bonchev–Trinajstić information content (AvgIpc) is 2.03. The highest BCUT2D eigenvalue weighted by atomic mass is 16.4. The Hall–Kier alpha value is -1.13. The second kappa shape index (κ2) is 4.79. The van der Waals surface area contributed by atoms with Gasteiger partial charge in [0.15, 0.2) is 0 Å². The van der Waals surface area contributed by atoms with Crippen LogP contribution in [-0.2, 0) is 4.79 Å². The molecule has 0 bridgehead atoms. The van der Waals surface area contributed by atoms with Crippen LogP contribution in [0.5, 0.6) is 0 Å². The Balaban J connectivity index is 2.60. The first-order chi connectivity index (χ1) is 6.25. The van der Waals surface area contributed by atoms with E-state index >= 15 is 0 Å². The van der Waals surface area contributed by atoms with Crippen LogP contribution >= 0.6 is 0 Å². The summed E-state index contributed by atoms with van der Waals surface area (Å²) in [7, 11) is 0. The summed E-state index contributed by atoms with van der Waals surface area (Å²) in [5.41, 5.74) is 0. The van der Waals surface area contributed by atoms with Crippen molar-refractivity contribution >= 4 is 5.97 Å². The van der Waals surface area contributed by atoms with E-state index in [-0.39, 0.29) is 0 Å². The van der Waals surface area contributed by atoms with Crippen LogP contribution in [0.4, 0.5) is 0 Å². The molecule has 1 aliphatic heterocycles.